The first-order chi connectivity index (χ1) is 6.65. The second-order valence-corrected chi connectivity index (χ2v) is 3.17. The van der Waals surface area contributed by atoms with Gasteiger partial charge in [0.25, 0.3) is 0 Å². The zero-order chi connectivity index (χ0) is 10.7. The van der Waals surface area contributed by atoms with Crippen molar-refractivity contribution >= 4 is 17.9 Å². The van der Waals surface area contributed by atoms with Gasteiger partial charge in [-0.05, 0) is 18.1 Å². The van der Waals surface area contributed by atoms with Crippen LogP contribution in [0.2, 0.25) is 5.02 Å². The first-order valence-electron chi connectivity index (χ1n) is 4.19. The third-order valence-corrected chi connectivity index (χ3v) is 2.36. The molecule has 76 valence electrons. The molecule has 0 aromatic heterocycles. The zero-order valence-electron chi connectivity index (χ0n) is 8.00. The monoisotopic (exact) mass is 214 g/mol. The lowest BCUT2D eigenvalue weighted by Crippen LogP contribution is -1.95. The molecule has 0 bridgehead atoms. The Kier molecular flexibility index (Phi) is 3.36. The van der Waals surface area contributed by atoms with Crippen molar-refractivity contribution in [2.24, 2.45) is 0 Å². The molecule has 1 aromatic carbocycles. The SMILES string of the molecule is CCc1cc(C=O)c(O)c(Cl)c1OC. The summed E-state index contributed by atoms with van der Waals surface area (Å²) in [6, 6.07) is 1.58. The normalized spacial score (nSPS) is 9.93. The van der Waals surface area contributed by atoms with E-state index in [9.17, 15) is 9.90 Å². The van der Waals surface area contributed by atoms with Crippen molar-refractivity contribution in [2.45, 2.75) is 13.3 Å². The van der Waals surface area contributed by atoms with Crippen molar-refractivity contribution in [3.63, 3.8) is 0 Å². The lowest BCUT2D eigenvalue weighted by molar-refractivity contribution is 0.112. The fourth-order valence-electron chi connectivity index (χ4n) is 1.27. The first kappa shape index (κ1) is 10.9. The highest BCUT2D eigenvalue weighted by molar-refractivity contribution is 6.34. The molecule has 0 heterocycles. The van der Waals surface area contributed by atoms with Crippen LogP contribution >= 0.6 is 11.6 Å². The summed E-state index contributed by atoms with van der Waals surface area (Å²) in [4.78, 5) is 10.6. The Morgan fingerprint density at radius 2 is 2.29 bits per heavy atom. The van der Waals surface area contributed by atoms with Gasteiger partial charge in [-0.25, -0.2) is 0 Å². The maximum atomic E-state index is 10.6. The Labute approximate surface area is 87.3 Å². The summed E-state index contributed by atoms with van der Waals surface area (Å²) in [5.41, 5.74) is 0.991. The maximum absolute atomic E-state index is 10.6. The predicted molar refractivity (Wildman–Crippen MR) is 54.4 cm³/mol. The number of aldehydes is 1. The van der Waals surface area contributed by atoms with E-state index < -0.39 is 0 Å². The van der Waals surface area contributed by atoms with Gasteiger partial charge in [-0.3, -0.25) is 4.79 Å². The summed E-state index contributed by atoms with van der Waals surface area (Å²) in [5.74, 6) is 0.202. The highest BCUT2D eigenvalue weighted by Crippen LogP contribution is 2.38. The summed E-state index contributed by atoms with van der Waals surface area (Å²) in [7, 11) is 1.47. The van der Waals surface area contributed by atoms with Crippen LogP contribution in [0.3, 0.4) is 0 Å². The van der Waals surface area contributed by atoms with E-state index in [0.717, 1.165) is 5.56 Å². The quantitative estimate of drug-likeness (QED) is 0.787. The van der Waals surface area contributed by atoms with E-state index in [-0.39, 0.29) is 16.3 Å². The number of halogens is 1. The molecule has 0 saturated heterocycles. The number of rotatable bonds is 3. The van der Waals surface area contributed by atoms with Gasteiger partial charge in [0.15, 0.2) is 6.29 Å². The molecular weight excluding hydrogens is 204 g/mol. The summed E-state index contributed by atoms with van der Waals surface area (Å²) >= 11 is 5.83. The van der Waals surface area contributed by atoms with Crippen LogP contribution in [0.5, 0.6) is 11.5 Å². The molecule has 4 heteroatoms. The number of aryl methyl sites for hydroxylation is 1. The molecule has 0 aliphatic heterocycles. The predicted octanol–water partition coefficient (Wildman–Crippen LogP) is 2.43. The van der Waals surface area contributed by atoms with E-state index in [0.29, 0.717) is 18.5 Å². The number of ether oxygens (including phenoxy) is 1. The van der Waals surface area contributed by atoms with Crippen LogP contribution in [-0.2, 0) is 6.42 Å². The molecule has 0 radical (unpaired) electrons. The van der Waals surface area contributed by atoms with Gasteiger partial charge in [0, 0.05) is 0 Å². The minimum absolute atomic E-state index is 0.0916. The molecule has 0 atom stereocenters. The van der Waals surface area contributed by atoms with Crippen LogP contribution in [0.1, 0.15) is 22.8 Å². The van der Waals surface area contributed by atoms with Gasteiger partial charge in [0.2, 0.25) is 0 Å². The van der Waals surface area contributed by atoms with E-state index in [4.69, 9.17) is 16.3 Å². The average Bonchev–Trinajstić information content (AvgIpc) is 2.21. The molecule has 1 rings (SSSR count). The van der Waals surface area contributed by atoms with Gasteiger partial charge in [0.1, 0.15) is 16.5 Å². The number of hydrogen-bond donors (Lipinski definition) is 1. The molecule has 0 unspecified atom stereocenters. The van der Waals surface area contributed by atoms with Crippen LogP contribution < -0.4 is 4.74 Å². The topological polar surface area (TPSA) is 46.5 Å². The largest absolute Gasteiger partial charge is 0.505 e. The molecule has 0 fully saturated rings. The number of benzene rings is 1. The molecule has 0 spiro atoms. The molecule has 0 aliphatic carbocycles. The molecular formula is C10H11ClO3. The van der Waals surface area contributed by atoms with Crippen LogP contribution in [0, 0.1) is 0 Å². The average molecular weight is 215 g/mol. The Bertz CT molecular complexity index is 361. The van der Waals surface area contributed by atoms with E-state index >= 15 is 0 Å². The van der Waals surface area contributed by atoms with Crippen LogP contribution in [0.15, 0.2) is 6.07 Å². The first-order valence-corrected chi connectivity index (χ1v) is 4.57. The fourth-order valence-corrected chi connectivity index (χ4v) is 1.58. The van der Waals surface area contributed by atoms with E-state index in [1.165, 1.54) is 7.11 Å². The molecule has 1 aromatic rings. The van der Waals surface area contributed by atoms with Gasteiger partial charge >= 0.3 is 0 Å². The van der Waals surface area contributed by atoms with Crippen molar-refractivity contribution < 1.29 is 14.6 Å². The van der Waals surface area contributed by atoms with Crippen molar-refractivity contribution in [3.05, 3.63) is 22.2 Å². The Balaban J connectivity index is 3.45. The number of methoxy groups -OCH3 is 1. The molecule has 1 N–H and O–H groups in total. The highest BCUT2D eigenvalue weighted by Gasteiger charge is 2.15. The second-order valence-electron chi connectivity index (χ2n) is 2.79. The number of hydrogen-bond acceptors (Lipinski definition) is 3. The highest BCUT2D eigenvalue weighted by atomic mass is 35.5. The zero-order valence-corrected chi connectivity index (χ0v) is 8.76. The summed E-state index contributed by atoms with van der Waals surface area (Å²) in [6.45, 7) is 1.92. The molecule has 0 amide bonds. The van der Waals surface area contributed by atoms with Gasteiger partial charge in [0.05, 0.1) is 12.7 Å². The molecule has 0 saturated carbocycles. The Hall–Kier alpha value is -1.22. The maximum Gasteiger partial charge on any atom is 0.153 e. The number of aromatic hydroxyl groups is 1. The van der Waals surface area contributed by atoms with Crippen LogP contribution in [-0.4, -0.2) is 18.5 Å². The fraction of sp³-hybridized carbons (Fsp3) is 0.300. The smallest absolute Gasteiger partial charge is 0.153 e. The third-order valence-electron chi connectivity index (χ3n) is 2.01. The second kappa shape index (κ2) is 4.33. The Morgan fingerprint density at radius 1 is 1.64 bits per heavy atom. The summed E-state index contributed by atoms with van der Waals surface area (Å²) in [6.07, 6.45) is 1.25. The van der Waals surface area contributed by atoms with Gasteiger partial charge in [-0.15, -0.1) is 0 Å². The van der Waals surface area contributed by atoms with Crippen molar-refractivity contribution in [3.8, 4) is 11.5 Å². The minimum atomic E-state index is -0.226. The summed E-state index contributed by atoms with van der Waals surface area (Å²) in [5, 5.41) is 9.58. The van der Waals surface area contributed by atoms with Crippen molar-refractivity contribution in [1.29, 1.82) is 0 Å². The van der Waals surface area contributed by atoms with Crippen molar-refractivity contribution in [1.82, 2.24) is 0 Å². The lowest BCUT2D eigenvalue weighted by Gasteiger charge is -2.11. The molecule has 3 nitrogen and oxygen atoms in total. The van der Waals surface area contributed by atoms with Gasteiger partial charge in [-0.2, -0.15) is 0 Å². The number of phenolic OH excluding ortho intramolecular Hbond substituents is 1. The number of phenols is 1. The summed E-state index contributed by atoms with van der Waals surface area (Å²) < 4.78 is 5.04. The number of carbonyl (C=O) groups is 1. The molecule has 14 heavy (non-hydrogen) atoms. The van der Waals surface area contributed by atoms with Gasteiger partial charge < -0.3 is 9.84 Å². The van der Waals surface area contributed by atoms with Crippen LogP contribution in [0.25, 0.3) is 0 Å². The van der Waals surface area contributed by atoms with E-state index in [2.05, 4.69) is 0 Å². The van der Waals surface area contributed by atoms with E-state index in [1.807, 2.05) is 6.92 Å². The number of carbonyl (C=O) groups excluding carboxylic acids is 1. The lowest BCUT2D eigenvalue weighted by atomic mass is 10.1. The minimum Gasteiger partial charge on any atom is -0.505 e. The molecule has 0 aliphatic rings. The Morgan fingerprint density at radius 3 is 2.71 bits per heavy atom. The van der Waals surface area contributed by atoms with Crippen LogP contribution in [0.4, 0.5) is 0 Å². The van der Waals surface area contributed by atoms with Crippen molar-refractivity contribution in [2.75, 3.05) is 7.11 Å². The van der Waals surface area contributed by atoms with E-state index in [1.54, 1.807) is 6.07 Å². The van der Waals surface area contributed by atoms with Gasteiger partial charge in [-0.1, -0.05) is 18.5 Å². The standard InChI is InChI=1S/C10H11ClO3/c1-3-6-4-7(5-12)9(13)8(11)10(6)14-2/h4-5,13H,3H2,1-2H3. The third kappa shape index (κ3) is 1.68.